The molecule has 2 aromatic carbocycles. The van der Waals surface area contributed by atoms with E-state index in [2.05, 4.69) is 28.1 Å². The van der Waals surface area contributed by atoms with Crippen LogP contribution in [0.5, 0.6) is 0 Å². The van der Waals surface area contributed by atoms with Crippen molar-refractivity contribution in [3.8, 4) is 0 Å². The third-order valence-electron chi connectivity index (χ3n) is 3.04. The van der Waals surface area contributed by atoms with Crippen molar-refractivity contribution in [2.75, 3.05) is 0 Å². The molecule has 0 aliphatic heterocycles. The second-order valence-electron chi connectivity index (χ2n) is 4.07. The number of benzene rings is 2. The normalized spacial score (nSPS) is 17.8. The van der Waals surface area contributed by atoms with Crippen LogP contribution < -0.4 is 0 Å². The van der Waals surface area contributed by atoms with E-state index in [1.165, 1.54) is 11.6 Å². The molecule has 0 radical (unpaired) electrons. The van der Waals surface area contributed by atoms with E-state index in [1.54, 1.807) is 6.07 Å². The highest BCUT2D eigenvalue weighted by atomic mass is 79.9. The number of rotatable bonds is 1. The quantitative estimate of drug-likeness (QED) is 0.660. The molecule has 84 valence electrons. The lowest BCUT2D eigenvalue weighted by Gasteiger charge is -2.10. The first-order valence-electron chi connectivity index (χ1n) is 5.47. The number of hydrogen-bond donors (Lipinski definition) is 0. The molecular formula is C15H10BrF. The number of halogens is 2. The first-order chi connectivity index (χ1) is 8.27. The lowest BCUT2D eigenvalue weighted by Crippen LogP contribution is -1.92. The summed E-state index contributed by atoms with van der Waals surface area (Å²) >= 11 is 3.64. The van der Waals surface area contributed by atoms with Gasteiger partial charge < -0.3 is 0 Å². The van der Waals surface area contributed by atoms with Crippen LogP contribution in [0.4, 0.5) is 4.39 Å². The SMILES string of the molecule is Fc1ccccc1C1=Cc2ccccc2C1Br. The Bertz CT molecular complexity index is 601. The Balaban J connectivity index is 2.12. The van der Waals surface area contributed by atoms with Gasteiger partial charge in [-0.1, -0.05) is 58.4 Å². The molecule has 0 fully saturated rings. The average Bonchev–Trinajstić information content (AvgIpc) is 2.68. The van der Waals surface area contributed by atoms with E-state index in [-0.39, 0.29) is 10.6 Å². The summed E-state index contributed by atoms with van der Waals surface area (Å²) in [6.45, 7) is 0. The fourth-order valence-corrected chi connectivity index (χ4v) is 2.99. The van der Waals surface area contributed by atoms with E-state index in [4.69, 9.17) is 0 Å². The number of allylic oxidation sites excluding steroid dienone is 1. The molecule has 0 N–H and O–H groups in total. The van der Waals surface area contributed by atoms with Crippen molar-refractivity contribution >= 4 is 27.6 Å². The second kappa shape index (κ2) is 4.11. The highest BCUT2D eigenvalue weighted by Crippen LogP contribution is 2.45. The Morgan fingerprint density at radius 2 is 1.65 bits per heavy atom. The summed E-state index contributed by atoms with van der Waals surface area (Å²) in [4.78, 5) is 0.0793. The number of alkyl halides is 1. The minimum atomic E-state index is -0.170. The minimum Gasteiger partial charge on any atom is -0.206 e. The van der Waals surface area contributed by atoms with Gasteiger partial charge in [-0.25, -0.2) is 4.39 Å². The largest absolute Gasteiger partial charge is 0.206 e. The first-order valence-corrected chi connectivity index (χ1v) is 6.38. The van der Waals surface area contributed by atoms with Gasteiger partial charge in [0.1, 0.15) is 5.82 Å². The summed E-state index contributed by atoms with van der Waals surface area (Å²) in [5, 5.41) is 0. The molecule has 2 aromatic rings. The highest BCUT2D eigenvalue weighted by molar-refractivity contribution is 9.09. The molecule has 0 saturated heterocycles. The maximum Gasteiger partial charge on any atom is 0.130 e. The standard InChI is InChI=1S/C15H10BrF/c16-15-11-6-2-1-5-10(11)9-13(15)12-7-3-4-8-14(12)17/h1-9,15H. The van der Waals surface area contributed by atoms with E-state index in [0.717, 1.165) is 11.1 Å². The molecule has 0 bridgehead atoms. The van der Waals surface area contributed by atoms with Gasteiger partial charge in [-0.05, 0) is 28.8 Å². The summed E-state index contributed by atoms with van der Waals surface area (Å²) in [7, 11) is 0. The molecule has 1 aliphatic rings. The van der Waals surface area contributed by atoms with Crippen molar-refractivity contribution in [2.45, 2.75) is 4.83 Å². The molecule has 0 saturated carbocycles. The van der Waals surface area contributed by atoms with Crippen LogP contribution in [-0.2, 0) is 0 Å². The third-order valence-corrected chi connectivity index (χ3v) is 4.02. The van der Waals surface area contributed by atoms with Crippen molar-refractivity contribution in [3.63, 3.8) is 0 Å². The maximum atomic E-state index is 13.8. The van der Waals surface area contributed by atoms with Crippen molar-refractivity contribution in [2.24, 2.45) is 0 Å². The molecule has 0 nitrogen and oxygen atoms in total. The van der Waals surface area contributed by atoms with Gasteiger partial charge in [-0.15, -0.1) is 0 Å². The van der Waals surface area contributed by atoms with Crippen molar-refractivity contribution in [1.29, 1.82) is 0 Å². The number of fused-ring (bicyclic) bond motifs is 1. The summed E-state index contributed by atoms with van der Waals surface area (Å²) < 4.78 is 13.8. The van der Waals surface area contributed by atoms with Crippen molar-refractivity contribution in [1.82, 2.24) is 0 Å². The summed E-state index contributed by atoms with van der Waals surface area (Å²) in [5.41, 5.74) is 4.02. The maximum absolute atomic E-state index is 13.8. The zero-order valence-corrected chi connectivity index (χ0v) is 10.6. The van der Waals surface area contributed by atoms with Crippen LogP contribution in [0.15, 0.2) is 48.5 Å². The van der Waals surface area contributed by atoms with E-state index in [1.807, 2.05) is 30.3 Å². The number of hydrogen-bond acceptors (Lipinski definition) is 0. The molecule has 0 heterocycles. The van der Waals surface area contributed by atoms with Gasteiger partial charge >= 0.3 is 0 Å². The lowest BCUT2D eigenvalue weighted by molar-refractivity contribution is 0.623. The molecule has 1 atom stereocenters. The Hall–Kier alpha value is -1.41. The minimum absolute atomic E-state index is 0.0793. The smallest absolute Gasteiger partial charge is 0.130 e. The average molecular weight is 289 g/mol. The molecule has 2 heteroatoms. The van der Waals surface area contributed by atoms with Gasteiger partial charge in [0.2, 0.25) is 0 Å². The van der Waals surface area contributed by atoms with E-state index in [9.17, 15) is 4.39 Å². The Morgan fingerprint density at radius 3 is 2.41 bits per heavy atom. The van der Waals surface area contributed by atoms with Crippen LogP contribution in [0.2, 0.25) is 0 Å². The molecule has 3 rings (SSSR count). The molecule has 0 spiro atoms. The summed E-state index contributed by atoms with van der Waals surface area (Å²) in [5.74, 6) is -0.170. The van der Waals surface area contributed by atoms with Crippen molar-refractivity contribution in [3.05, 3.63) is 71.0 Å². The van der Waals surface area contributed by atoms with Crippen LogP contribution in [0.25, 0.3) is 11.6 Å². The zero-order valence-electron chi connectivity index (χ0n) is 9.03. The van der Waals surface area contributed by atoms with Crippen molar-refractivity contribution < 1.29 is 4.39 Å². The van der Waals surface area contributed by atoms with E-state index >= 15 is 0 Å². The van der Waals surface area contributed by atoms with Gasteiger partial charge in [0.15, 0.2) is 0 Å². The Labute approximate surface area is 108 Å². The van der Waals surface area contributed by atoms with Crippen LogP contribution in [-0.4, -0.2) is 0 Å². The monoisotopic (exact) mass is 288 g/mol. The molecule has 0 amide bonds. The fraction of sp³-hybridized carbons (Fsp3) is 0.0667. The molecule has 17 heavy (non-hydrogen) atoms. The fourth-order valence-electron chi connectivity index (χ4n) is 2.19. The second-order valence-corrected chi connectivity index (χ2v) is 4.99. The van der Waals surface area contributed by atoms with Crippen LogP contribution in [0.1, 0.15) is 21.5 Å². The van der Waals surface area contributed by atoms with Gasteiger partial charge in [0.05, 0.1) is 4.83 Å². The predicted molar refractivity (Wildman–Crippen MR) is 72.4 cm³/mol. The predicted octanol–water partition coefficient (Wildman–Crippen LogP) is 4.82. The Kier molecular flexibility index (Phi) is 2.60. The van der Waals surface area contributed by atoms with Crippen LogP contribution in [0, 0.1) is 5.82 Å². The van der Waals surface area contributed by atoms with Crippen LogP contribution in [0.3, 0.4) is 0 Å². The molecule has 1 unspecified atom stereocenters. The third kappa shape index (κ3) is 1.73. The van der Waals surface area contributed by atoms with E-state index < -0.39 is 0 Å². The summed E-state index contributed by atoms with van der Waals surface area (Å²) in [6, 6.07) is 15.0. The molecular weight excluding hydrogens is 279 g/mol. The van der Waals surface area contributed by atoms with Gasteiger partial charge in [0.25, 0.3) is 0 Å². The van der Waals surface area contributed by atoms with Gasteiger partial charge in [0, 0.05) is 5.56 Å². The molecule has 0 aromatic heterocycles. The Morgan fingerprint density at radius 1 is 0.941 bits per heavy atom. The van der Waals surface area contributed by atoms with Gasteiger partial charge in [-0.3, -0.25) is 0 Å². The van der Waals surface area contributed by atoms with E-state index in [0.29, 0.717) is 5.56 Å². The van der Waals surface area contributed by atoms with Gasteiger partial charge in [-0.2, -0.15) is 0 Å². The lowest BCUT2D eigenvalue weighted by atomic mass is 10.0. The highest BCUT2D eigenvalue weighted by Gasteiger charge is 2.24. The first kappa shape index (κ1) is 10.7. The zero-order chi connectivity index (χ0) is 11.8. The topological polar surface area (TPSA) is 0 Å². The summed E-state index contributed by atoms with van der Waals surface area (Å²) in [6.07, 6.45) is 2.05. The molecule has 1 aliphatic carbocycles. The van der Waals surface area contributed by atoms with Crippen LogP contribution >= 0.6 is 15.9 Å².